The minimum atomic E-state index is -4.88. The lowest BCUT2D eigenvalue weighted by Crippen LogP contribution is -2.61. The number of hydrogen-bond donors (Lipinski definition) is 8. The van der Waals surface area contributed by atoms with Crippen LogP contribution in [0.4, 0.5) is 0 Å². The molecule has 2 rings (SSSR count). The Kier molecular flexibility index (Phi) is 8.29. The summed E-state index contributed by atoms with van der Waals surface area (Å²) in [6, 6.07) is 0. The van der Waals surface area contributed by atoms with E-state index in [1.807, 2.05) is 0 Å². The predicted octanol–water partition coefficient (Wildman–Crippen LogP) is -4.63. The molecule has 2 aliphatic rings. The Bertz CT molecular complexity index is 541. The number of methoxy groups -OCH3 is 1. The van der Waals surface area contributed by atoms with E-state index in [0.717, 1.165) is 0 Å². The lowest BCUT2D eigenvalue weighted by molar-refractivity contribution is -0.328. The van der Waals surface area contributed by atoms with Crippen molar-refractivity contribution in [3.8, 4) is 0 Å². The fourth-order valence-electron chi connectivity index (χ4n) is 2.80. The Hall–Kier alpha value is -0.290. The third kappa shape index (κ3) is 5.65. The van der Waals surface area contributed by atoms with Crippen LogP contribution >= 0.6 is 7.82 Å². The maximum Gasteiger partial charge on any atom is 0.469 e. The van der Waals surface area contributed by atoms with E-state index in [4.69, 9.17) is 28.7 Å². The zero-order valence-corrected chi connectivity index (χ0v) is 15.6. The second kappa shape index (κ2) is 9.68. The quantitative estimate of drug-likeness (QED) is 0.176. The summed E-state index contributed by atoms with van der Waals surface area (Å²) in [4.78, 5) is 17.4. The van der Waals surface area contributed by atoms with E-state index in [2.05, 4.69) is 4.52 Å². The molecule has 15 heteroatoms. The van der Waals surface area contributed by atoms with Gasteiger partial charge in [0.1, 0.15) is 48.8 Å². The van der Waals surface area contributed by atoms with Crippen LogP contribution < -0.4 is 0 Å². The molecule has 0 aromatic carbocycles. The Balaban J connectivity index is 1.98. The second-order valence-corrected chi connectivity index (χ2v) is 7.62. The summed E-state index contributed by atoms with van der Waals surface area (Å²) in [6.07, 6.45) is -15.5. The molecule has 14 nitrogen and oxygen atoms in total. The van der Waals surface area contributed by atoms with Gasteiger partial charge in [-0.15, -0.1) is 0 Å². The molecule has 166 valence electrons. The van der Waals surface area contributed by atoms with Crippen molar-refractivity contribution in [1.29, 1.82) is 0 Å². The molecule has 10 unspecified atom stereocenters. The van der Waals surface area contributed by atoms with Gasteiger partial charge in [-0.05, 0) is 0 Å². The first kappa shape index (κ1) is 24.0. The number of hydrogen-bond acceptors (Lipinski definition) is 12. The summed E-state index contributed by atoms with van der Waals surface area (Å²) < 4.78 is 35.5. The molecule has 2 heterocycles. The van der Waals surface area contributed by atoms with Crippen LogP contribution in [0.1, 0.15) is 0 Å². The number of phosphoric acid groups is 1. The van der Waals surface area contributed by atoms with Gasteiger partial charge < -0.3 is 59.4 Å². The molecular weight excluding hydrogens is 411 g/mol. The van der Waals surface area contributed by atoms with Crippen molar-refractivity contribution in [1.82, 2.24) is 0 Å². The summed E-state index contributed by atoms with van der Waals surface area (Å²) in [5.74, 6) is 0. The van der Waals surface area contributed by atoms with Gasteiger partial charge in [-0.25, -0.2) is 4.57 Å². The normalized spacial score (nSPS) is 45.2. The maximum atomic E-state index is 10.8. The van der Waals surface area contributed by atoms with E-state index in [0.29, 0.717) is 0 Å². The van der Waals surface area contributed by atoms with Gasteiger partial charge in [0.15, 0.2) is 12.6 Å². The number of ether oxygens (including phenoxy) is 4. The van der Waals surface area contributed by atoms with Crippen molar-refractivity contribution in [3.63, 3.8) is 0 Å². The fourth-order valence-corrected chi connectivity index (χ4v) is 3.14. The molecule has 8 N–H and O–H groups in total. The van der Waals surface area contributed by atoms with Gasteiger partial charge in [0.25, 0.3) is 0 Å². The Labute approximate surface area is 159 Å². The largest absolute Gasteiger partial charge is 0.469 e. The van der Waals surface area contributed by atoms with Crippen LogP contribution in [0.15, 0.2) is 0 Å². The molecule has 0 saturated carbocycles. The van der Waals surface area contributed by atoms with Crippen molar-refractivity contribution in [2.45, 2.75) is 61.4 Å². The minimum absolute atomic E-state index is 0.499. The molecule has 0 aromatic rings. The summed E-state index contributed by atoms with van der Waals surface area (Å²) in [5, 5.41) is 59.2. The monoisotopic (exact) mass is 436 g/mol. The van der Waals surface area contributed by atoms with Crippen LogP contribution in [-0.4, -0.2) is 122 Å². The lowest BCUT2D eigenvalue weighted by atomic mass is 9.98. The highest BCUT2D eigenvalue weighted by Crippen LogP contribution is 2.37. The SMILES string of the molecule is COC1OC(COC2OC(COP(=O)(O)O)C(O)C(O)C2O)C(O)C(O)C1O. The van der Waals surface area contributed by atoms with Crippen LogP contribution in [0.2, 0.25) is 0 Å². The fraction of sp³-hybridized carbons (Fsp3) is 1.00. The molecule has 28 heavy (non-hydrogen) atoms. The standard InChI is InChI=1S/C13H25O14P/c1-23-12-10(18)8(16)6(14)4(26-12)2-24-13-11(19)9(17)7(15)5(27-13)3-25-28(20,21)22/h4-19H,2-3H2,1H3,(H2,20,21,22). The minimum Gasteiger partial charge on any atom is -0.387 e. The smallest absolute Gasteiger partial charge is 0.387 e. The van der Waals surface area contributed by atoms with Crippen LogP contribution in [-0.2, 0) is 28.0 Å². The van der Waals surface area contributed by atoms with Gasteiger partial charge in [-0.3, -0.25) is 4.52 Å². The molecule has 0 amide bonds. The van der Waals surface area contributed by atoms with Crippen molar-refractivity contribution >= 4 is 7.82 Å². The van der Waals surface area contributed by atoms with E-state index < -0.39 is 82.4 Å². The van der Waals surface area contributed by atoms with Crippen molar-refractivity contribution in [3.05, 3.63) is 0 Å². The lowest BCUT2D eigenvalue weighted by Gasteiger charge is -2.42. The van der Waals surface area contributed by atoms with Crippen LogP contribution in [0.3, 0.4) is 0 Å². The van der Waals surface area contributed by atoms with E-state index in [1.54, 1.807) is 0 Å². The molecule has 0 spiro atoms. The summed E-state index contributed by atoms with van der Waals surface area (Å²) >= 11 is 0. The molecule has 0 aliphatic carbocycles. The van der Waals surface area contributed by atoms with E-state index in [1.165, 1.54) is 7.11 Å². The molecule has 2 fully saturated rings. The average Bonchev–Trinajstić information content (AvgIpc) is 2.63. The topological polar surface area (TPSA) is 225 Å². The van der Waals surface area contributed by atoms with Crippen molar-refractivity contribution in [2.75, 3.05) is 20.3 Å². The number of aliphatic hydroxyl groups excluding tert-OH is 6. The summed E-state index contributed by atoms with van der Waals surface area (Å²) in [5.41, 5.74) is 0. The number of aliphatic hydroxyl groups is 6. The number of phosphoric ester groups is 1. The summed E-state index contributed by atoms with van der Waals surface area (Å²) in [7, 11) is -3.67. The van der Waals surface area contributed by atoms with Gasteiger partial charge in [-0.2, -0.15) is 0 Å². The van der Waals surface area contributed by atoms with E-state index in [9.17, 15) is 35.2 Å². The van der Waals surface area contributed by atoms with Crippen molar-refractivity contribution in [2.24, 2.45) is 0 Å². The van der Waals surface area contributed by atoms with Crippen LogP contribution in [0.5, 0.6) is 0 Å². The first-order valence-electron chi connectivity index (χ1n) is 8.20. The Morgan fingerprint density at radius 1 is 0.750 bits per heavy atom. The van der Waals surface area contributed by atoms with Gasteiger partial charge in [0.05, 0.1) is 13.2 Å². The van der Waals surface area contributed by atoms with Crippen LogP contribution in [0, 0.1) is 0 Å². The average molecular weight is 436 g/mol. The maximum absolute atomic E-state index is 10.8. The van der Waals surface area contributed by atoms with Gasteiger partial charge in [-0.1, -0.05) is 0 Å². The van der Waals surface area contributed by atoms with E-state index in [-0.39, 0.29) is 0 Å². The molecular formula is C13H25O14P. The first-order chi connectivity index (χ1) is 13.0. The highest BCUT2D eigenvalue weighted by Gasteiger charge is 2.47. The second-order valence-electron chi connectivity index (χ2n) is 6.38. The Morgan fingerprint density at radius 3 is 1.71 bits per heavy atom. The first-order valence-corrected chi connectivity index (χ1v) is 9.73. The molecule has 10 atom stereocenters. The van der Waals surface area contributed by atoms with E-state index >= 15 is 0 Å². The zero-order chi connectivity index (χ0) is 21.2. The van der Waals surface area contributed by atoms with Gasteiger partial charge in [0.2, 0.25) is 0 Å². The molecule has 0 bridgehead atoms. The molecule has 0 radical (unpaired) electrons. The molecule has 2 saturated heterocycles. The predicted molar refractivity (Wildman–Crippen MR) is 84.3 cm³/mol. The van der Waals surface area contributed by atoms with Gasteiger partial charge >= 0.3 is 7.82 Å². The van der Waals surface area contributed by atoms with Gasteiger partial charge in [0, 0.05) is 7.11 Å². The number of rotatable bonds is 7. The molecule has 0 aromatic heterocycles. The Morgan fingerprint density at radius 2 is 1.21 bits per heavy atom. The third-order valence-electron chi connectivity index (χ3n) is 4.40. The highest BCUT2D eigenvalue weighted by atomic mass is 31.2. The van der Waals surface area contributed by atoms with Crippen molar-refractivity contribution < 1.29 is 68.5 Å². The highest BCUT2D eigenvalue weighted by molar-refractivity contribution is 7.46. The zero-order valence-electron chi connectivity index (χ0n) is 14.7. The van der Waals surface area contributed by atoms with Crippen LogP contribution in [0.25, 0.3) is 0 Å². The third-order valence-corrected chi connectivity index (χ3v) is 4.89. The molecule has 2 aliphatic heterocycles. The summed E-state index contributed by atoms with van der Waals surface area (Å²) in [6.45, 7) is -1.31.